The maximum Gasteiger partial charge on any atom is 0.285 e. The van der Waals surface area contributed by atoms with Crippen molar-refractivity contribution in [2.75, 3.05) is 11.5 Å². The van der Waals surface area contributed by atoms with Gasteiger partial charge >= 0.3 is 0 Å². The molecule has 1 atom stereocenters. The van der Waals surface area contributed by atoms with Gasteiger partial charge in [0, 0.05) is 0 Å². The minimum Gasteiger partial charge on any atom is -0.348 e. The Morgan fingerprint density at radius 1 is 1.48 bits per heavy atom. The van der Waals surface area contributed by atoms with Crippen molar-refractivity contribution in [1.29, 1.82) is 5.26 Å². The van der Waals surface area contributed by atoms with Gasteiger partial charge in [0.15, 0.2) is 9.84 Å². The lowest BCUT2D eigenvalue weighted by molar-refractivity contribution is -0.123. The molecule has 1 amide bonds. The molecule has 0 aliphatic carbocycles. The van der Waals surface area contributed by atoms with Crippen LogP contribution in [0.15, 0.2) is 4.79 Å². The van der Waals surface area contributed by atoms with Gasteiger partial charge in [-0.1, -0.05) is 0 Å². The van der Waals surface area contributed by atoms with Crippen LogP contribution in [0, 0.1) is 25.2 Å². The maximum absolute atomic E-state index is 12.1. The molecule has 0 saturated carbocycles. The predicted octanol–water partition coefficient (Wildman–Crippen LogP) is -0.575. The van der Waals surface area contributed by atoms with Crippen molar-refractivity contribution in [3.05, 3.63) is 27.2 Å². The number of aryl methyl sites for hydroxylation is 1. The van der Waals surface area contributed by atoms with Gasteiger partial charge in [-0.3, -0.25) is 9.59 Å². The number of amides is 1. The number of nitriles is 1. The molecule has 0 spiro atoms. The van der Waals surface area contributed by atoms with Crippen LogP contribution >= 0.6 is 0 Å². The smallest absolute Gasteiger partial charge is 0.285 e. The van der Waals surface area contributed by atoms with E-state index < -0.39 is 26.8 Å². The predicted molar refractivity (Wildman–Crippen MR) is 82.5 cm³/mol. The van der Waals surface area contributed by atoms with Crippen LogP contribution in [0.5, 0.6) is 0 Å². The van der Waals surface area contributed by atoms with Crippen LogP contribution in [-0.2, 0) is 21.2 Å². The van der Waals surface area contributed by atoms with Crippen molar-refractivity contribution >= 4 is 15.7 Å². The number of nitrogens with one attached hydrogen (secondary N) is 1. The first kappa shape index (κ1) is 17.1. The van der Waals surface area contributed by atoms with Crippen molar-refractivity contribution in [2.45, 2.75) is 39.3 Å². The summed E-state index contributed by atoms with van der Waals surface area (Å²) in [6.45, 7) is 4.57. The monoisotopic (exact) mass is 338 g/mol. The molecule has 8 nitrogen and oxygen atoms in total. The van der Waals surface area contributed by atoms with Crippen LogP contribution in [0.4, 0.5) is 0 Å². The van der Waals surface area contributed by atoms with Gasteiger partial charge in [-0.2, -0.15) is 10.4 Å². The molecule has 2 rings (SSSR count). The topological polar surface area (TPSA) is 122 Å². The Hall–Kier alpha value is -2.21. The summed E-state index contributed by atoms with van der Waals surface area (Å²) in [5, 5.41) is 15.7. The number of carbonyl (C=O) groups is 1. The molecule has 23 heavy (non-hydrogen) atoms. The maximum atomic E-state index is 12.1. The molecule has 9 heteroatoms. The molecular weight excluding hydrogens is 320 g/mol. The molecule has 0 aromatic carbocycles. The molecule has 1 aromatic rings. The zero-order valence-corrected chi connectivity index (χ0v) is 14.0. The number of sulfone groups is 1. The number of hydrogen-bond donors (Lipinski definition) is 1. The summed E-state index contributed by atoms with van der Waals surface area (Å²) in [7, 11) is -3.15. The van der Waals surface area contributed by atoms with Crippen LogP contribution in [0.1, 0.15) is 30.2 Å². The van der Waals surface area contributed by atoms with Crippen LogP contribution in [0.2, 0.25) is 0 Å². The van der Waals surface area contributed by atoms with Gasteiger partial charge < -0.3 is 5.32 Å². The highest BCUT2D eigenvalue weighted by Gasteiger charge is 2.39. The lowest BCUT2D eigenvalue weighted by Gasteiger charge is -2.24. The fraction of sp³-hybridized carbons (Fsp3) is 0.571. The number of nitrogens with zero attached hydrogens (tertiary/aromatic N) is 3. The summed E-state index contributed by atoms with van der Waals surface area (Å²) in [4.78, 5) is 24.3. The van der Waals surface area contributed by atoms with Crippen molar-refractivity contribution in [3.8, 4) is 6.07 Å². The fourth-order valence-corrected chi connectivity index (χ4v) is 4.72. The van der Waals surface area contributed by atoms with Crippen LogP contribution in [0.25, 0.3) is 0 Å². The van der Waals surface area contributed by atoms with E-state index in [-0.39, 0.29) is 23.6 Å². The van der Waals surface area contributed by atoms with Gasteiger partial charge in [0.25, 0.3) is 5.56 Å². The average molecular weight is 338 g/mol. The summed E-state index contributed by atoms with van der Waals surface area (Å²) in [5.41, 5.74) is -0.529. The van der Waals surface area contributed by atoms with Crippen LogP contribution < -0.4 is 10.9 Å². The number of hydrogen-bond acceptors (Lipinski definition) is 6. The van der Waals surface area contributed by atoms with Gasteiger partial charge in [0.1, 0.15) is 18.2 Å². The van der Waals surface area contributed by atoms with E-state index >= 15 is 0 Å². The molecule has 1 aromatic heterocycles. The molecule has 1 fully saturated rings. The molecule has 2 heterocycles. The first-order valence-corrected chi connectivity index (χ1v) is 8.89. The highest BCUT2D eigenvalue weighted by molar-refractivity contribution is 7.91. The number of aromatic nitrogens is 2. The Kier molecular flexibility index (Phi) is 4.30. The molecule has 0 radical (unpaired) electrons. The van der Waals surface area contributed by atoms with Gasteiger partial charge in [-0.25, -0.2) is 13.1 Å². The van der Waals surface area contributed by atoms with E-state index in [0.29, 0.717) is 17.7 Å². The summed E-state index contributed by atoms with van der Waals surface area (Å²) >= 11 is 0. The molecular formula is C14H18N4O4S. The lowest BCUT2D eigenvalue weighted by Crippen LogP contribution is -2.49. The quantitative estimate of drug-likeness (QED) is 0.787. The minimum atomic E-state index is -3.15. The van der Waals surface area contributed by atoms with Crippen molar-refractivity contribution in [2.24, 2.45) is 0 Å². The van der Waals surface area contributed by atoms with Crippen molar-refractivity contribution in [1.82, 2.24) is 15.1 Å². The van der Waals surface area contributed by atoms with Crippen molar-refractivity contribution in [3.63, 3.8) is 0 Å². The van der Waals surface area contributed by atoms with Crippen LogP contribution in [0.3, 0.4) is 0 Å². The number of rotatable bonds is 3. The first-order valence-electron chi connectivity index (χ1n) is 7.07. The number of carbonyl (C=O) groups excluding carboxylic acids is 1. The molecule has 124 valence electrons. The SMILES string of the molecule is Cc1nn(CC(=O)N[C@@]2(C)CCS(=O)(=O)C2)c(=O)c(C#N)c1C. The summed E-state index contributed by atoms with van der Waals surface area (Å²) < 4.78 is 24.0. The van der Waals surface area contributed by atoms with Gasteiger partial charge in [-0.05, 0) is 32.8 Å². The second-order valence-corrected chi connectivity index (χ2v) is 8.29. The molecule has 1 aliphatic heterocycles. The zero-order valence-electron chi connectivity index (χ0n) is 13.2. The summed E-state index contributed by atoms with van der Waals surface area (Å²) in [6.07, 6.45) is 0.333. The highest BCUT2D eigenvalue weighted by Crippen LogP contribution is 2.22. The van der Waals surface area contributed by atoms with E-state index in [9.17, 15) is 18.0 Å². The third-order valence-corrected chi connectivity index (χ3v) is 5.89. The third-order valence-electron chi connectivity index (χ3n) is 3.99. The molecule has 1 saturated heterocycles. The van der Waals surface area contributed by atoms with E-state index in [4.69, 9.17) is 5.26 Å². The van der Waals surface area contributed by atoms with E-state index in [0.717, 1.165) is 4.68 Å². The average Bonchev–Trinajstić information content (AvgIpc) is 2.70. The van der Waals surface area contributed by atoms with Gasteiger partial charge in [0.2, 0.25) is 5.91 Å². The fourth-order valence-electron chi connectivity index (χ4n) is 2.63. The van der Waals surface area contributed by atoms with E-state index in [1.54, 1.807) is 20.8 Å². The Balaban J connectivity index is 2.21. The van der Waals surface area contributed by atoms with E-state index in [2.05, 4.69) is 10.4 Å². The zero-order chi connectivity index (χ0) is 17.4. The Morgan fingerprint density at radius 3 is 2.65 bits per heavy atom. The third kappa shape index (κ3) is 3.59. The normalized spacial score (nSPS) is 22.5. The summed E-state index contributed by atoms with van der Waals surface area (Å²) in [6, 6.07) is 1.83. The van der Waals surface area contributed by atoms with E-state index in [1.165, 1.54) is 0 Å². The van der Waals surface area contributed by atoms with Crippen molar-refractivity contribution < 1.29 is 13.2 Å². The van der Waals surface area contributed by atoms with Gasteiger partial charge in [0.05, 0.1) is 22.7 Å². The lowest BCUT2D eigenvalue weighted by atomic mass is 10.0. The summed E-state index contributed by atoms with van der Waals surface area (Å²) in [5.74, 6) is -0.597. The highest BCUT2D eigenvalue weighted by atomic mass is 32.2. The van der Waals surface area contributed by atoms with Crippen LogP contribution in [-0.4, -0.2) is 41.2 Å². The molecule has 0 bridgehead atoms. The second-order valence-electron chi connectivity index (χ2n) is 6.11. The second kappa shape index (κ2) is 5.77. The largest absolute Gasteiger partial charge is 0.348 e. The molecule has 1 N–H and O–H groups in total. The molecule has 0 unspecified atom stereocenters. The first-order chi connectivity index (χ1) is 10.6. The Morgan fingerprint density at radius 2 is 2.13 bits per heavy atom. The Labute approximate surface area is 134 Å². The molecule has 1 aliphatic rings. The standard InChI is InChI=1S/C14H18N4O4S/c1-9-10(2)17-18(13(20)11(9)6-15)7-12(19)16-14(3)4-5-23(21,22)8-14/h4-5,7-8H2,1-3H3,(H,16,19)/t14-/m0/s1. The Bertz CT molecular complexity index is 866. The minimum absolute atomic E-state index is 0.0319. The van der Waals surface area contributed by atoms with Gasteiger partial charge in [-0.15, -0.1) is 0 Å². The van der Waals surface area contributed by atoms with E-state index in [1.807, 2.05) is 6.07 Å².